The summed E-state index contributed by atoms with van der Waals surface area (Å²) in [5.74, 6) is -1.01. The van der Waals surface area contributed by atoms with E-state index < -0.39 is 5.97 Å². The fraction of sp³-hybridized carbons (Fsp3) is 0.250. The van der Waals surface area contributed by atoms with Crippen LogP contribution >= 0.6 is 0 Å². The van der Waals surface area contributed by atoms with Gasteiger partial charge in [-0.15, -0.1) is 0 Å². The van der Waals surface area contributed by atoms with Crippen LogP contribution in [-0.2, 0) is 4.79 Å². The molecule has 0 radical (unpaired) electrons. The van der Waals surface area contributed by atoms with Crippen LogP contribution in [0.2, 0.25) is 0 Å². The molecule has 0 spiro atoms. The van der Waals surface area contributed by atoms with E-state index in [2.05, 4.69) is 0 Å². The average molecular weight is 125 g/mol. The van der Waals surface area contributed by atoms with Gasteiger partial charge in [-0.25, -0.2) is 10.3 Å². The summed E-state index contributed by atoms with van der Waals surface area (Å²) < 4.78 is 0. The van der Waals surface area contributed by atoms with Crippen LogP contribution in [0, 0.1) is 0 Å². The quantitative estimate of drug-likeness (QED) is 0.256. The Balaban J connectivity index is 0. The molecular formula is C4H8LiNO3. The molecule has 0 rings (SSSR count). The second-order valence-electron chi connectivity index (χ2n) is 1.10. The Morgan fingerprint density at radius 3 is 2.56 bits per heavy atom. The third-order valence-electron chi connectivity index (χ3n) is 0.470. The van der Waals surface area contributed by atoms with Crippen LogP contribution in [0.5, 0.6) is 0 Å². The van der Waals surface area contributed by atoms with Crippen LogP contribution in [0.1, 0.15) is 0 Å². The van der Waals surface area contributed by atoms with Gasteiger partial charge in [0, 0.05) is 12.6 Å². The molecule has 0 aliphatic rings. The molecule has 0 unspecified atom stereocenters. The topological polar surface area (TPSA) is 69.6 Å². The predicted molar refractivity (Wildman–Crippen MR) is 33.7 cm³/mol. The number of aliphatic carboxylic acids is 1. The van der Waals surface area contributed by atoms with Crippen molar-refractivity contribution in [3.8, 4) is 0 Å². The van der Waals surface area contributed by atoms with Crippen LogP contribution in [0.25, 0.3) is 0 Å². The van der Waals surface area contributed by atoms with Crippen molar-refractivity contribution < 1.29 is 15.1 Å². The Labute approximate surface area is 64.7 Å². The van der Waals surface area contributed by atoms with Crippen molar-refractivity contribution in [3.05, 3.63) is 12.2 Å². The van der Waals surface area contributed by atoms with Crippen molar-refractivity contribution in [2.24, 2.45) is 0 Å². The number of rotatable bonds is 3. The van der Waals surface area contributed by atoms with Crippen molar-refractivity contribution in [3.63, 3.8) is 0 Å². The molecule has 0 heterocycles. The first-order valence-electron chi connectivity index (χ1n) is 2.04. The first-order chi connectivity index (χ1) is 3.77. The molecule has 0 aliphatic carbocycles. The van der Waals surface area contributed by atoms with Gasteiger partial charge < -0.3 is 10.3 Å². The molecule has 48 valence electrons. The van der Waals surface area contributed by atoms with Crippen LogP contribution < -0.4 is 5.48 Å². The molecule has 0 atom stereocenters. The number of hydroxylamine groups is 1. The van der Waals surface area contributed by atoms with Gasteiger partial charge in [0.2, 0.25) is 0 Å². The van der Waals surface area contributed by atoms with Gasteiger partial charge in [-0.1, -0.05) is 6.08 Å². The zero-order chi connectivity index (χ0) is 6.41. The molecule has 9 heavy (non-hydrogen) atoms. The number of nitrogens with one attached hydrogen (secondary N) is 1. The molecule has 0 bridgehead atoms. The third-order valence-corrected chi connectivity index (χ3v) is 0.470. The van der Waals surface area contributed by atoms with E-state index in [0.29, 0.717) is 0 Å². The Morgan fingerprint density at radius 2 is 2.22 bits per heavy atom. The minimum absolute atomic E-state index is 0. The van der Waals surface area contributed by atoms with E-state index >= 15 is 0 Å². The van der Waals surface area contributed by atoms with Gasteiger partial charge in [0.15, 0.2) is 0 Å². The SMILES string of the molecule is O=C(O)C=CCNO.[LiH]. The van der Waals surface area contributed by atoms with Crippen LogP contribution in [0.4, 0.5) is 0 Å². The second kappa shape index (κ2) is 7.73. The number of carboxylic acids is 1. The molecule has 0 aliphatic heterocycles. The number of hydrogen-bond donors (Lipinski definition) is 3. The molecule has 4 nitrogen and oxygen atoms in total. The molecule has 3 N–H and O–H groups in total. The molecule has 0 aromatic carbocycles. The Kier molecular flexibility index (Phi) is 9.89. The Bertz CT molecular complexity index is 104. The predicted octanol–water partition coefficient (Wildman–Crippen LogP) is -1.04. The number of carboxylic acid groups (broad SMARTS) is 1. The van der Waals surface area contributed by atoms with E-state index in [0.717, 1.165) is 6.08 Å². The van der Waals surface area contributed by atoms with Crippen molar-refractivity contribution >= 4 is 24.8 Å². The van der Waals surface area contributed by atoms with Gasteiger partial charge in [0.25, 0.3) is 0 Å². The summed E-state index contributed by atoms with van der Waals surface area (Å²) in [5, 5.41) is 15.8. The van der Waals surface area contributed by atoms with Gasteiger partial charge in [-0.2, -0.15) is 0 Å². The summed E-state index contributed by atoms with van der Waals surface area (Å²) in [4.78, 5) is 9.68. The summed E-state index contributed by atoms with van der Waals surface area (Å²) in [5.41, 5.74) is 1.77. The fourth-order valence-corrected chi connectivity index (χ4v) is 0.212. The number of hydrogen-bond acceptors (Lipinski definition) is 3. The van der Waals surface area contributed by atoms with Gasteiger partial charge >= 0.3 is 24.8 Å². The molecular weight excluding hydrogens is 117 g/mol. The van der Waals surface area contributed by atoms with Gasteiger partial charge in [0.1, 0.15) is 0 Å². The summed E-state index contributed by atoms with van der Waals surface area (Å²) in [7, 11) is 0. The van der Waals surface area contributed by atoms with E-state index in [-0.39, 0.29) is 25.4 Å². The summed E-state index contributed by atoms with van der Waals surface area (Å²) in [6, 6.07) is 0. The summed E-state index contributed by atoms with van der Waals surface area (Å²) in [6.45, 7) is 0.159. The van der Waals surface area contributed by atoms with E-state index in [4.69, 9.17) is 10.3 Å². The normalized spacial score (nSPS) is 9.00. The maximum atomic E-state index is 9.68. The van der Waals surface area contributed by atoms with Gasteiger partial charge in [0.05, 0.1) is 0 Å². The van der Waals surface area contributed by atoms with Crippen molar-refractivity contribution in [2.45, 2.75) is 0 Å². The zero-order valence-electron chi connectivity index (χ0n) is 4.16. The first kappa shape index (κ1) is 11.5. The molecule has 0 saturated heterocycles. The minimum atomic E-state index is -1.01. The van der Waals surface area contributed by atoms with Crippen LogP contribution in [0.3, 0.4) is 0 Å². The third kappa shape index (κ3) is 11.3. The van der Waals surface area contributed by atoms with Gasteiger partial charge in [-0.05, 0) is 0 Å². The monoisotopic (exact) mass is 125 g/mol. The van der Waals surface area contributed by atoms with Crippen molar-refractivity contribution in [1.29, 1.82) is 0 Å². The first-order valence-corrected chi connectivity index (χ1v) is 2.04. The van der Waals surface area contributed by atoms with Crippen LogP contribution in [0.15, 0.2) is 12.2 Å². The Morgan fingerprint density at radius 1 is 1.67 bits per heavy atom. The second-order valence-corrected chi connectivity index (χ2v) is 1.10. The molecule has 0 aromatic rings. The molecule has 0 fully saturated rings. The maximum absolute atomic E-state index is 9.68. The van der Waals surface area contributed by atoms with Crippen molar-refractivity contribution in [1.82, 2.24) is 5.48 Å². The Hall–Kier alpha value is -0.273. The molecule has 5 heteroatoms. The standard InChI is InChI=1S/C4H7NO3.Li.H/c6-4(7)2-1-3-5-8;;/h1-2,5,8H,3H2,(H,6,7);;. The molecule has 0 saturated carbocycles. The van der Waals surface area contributed by atoms with Crippen molar-refractivity contribution in [2.75, 3.05) is 6.54 Å². The van der Waals surface area contributed by atoms with Gasteiger partial charge in [-0.3, -0.25) is 0 Å². The van der Waals surface area contributed by atoms with E-state index in [1.807, 2.05) is 0 Å². The van der Waals surface area contributed by atoms with E-state index in [1.165, 1.54) is 6.08 Å². The fourth-order valence-electron chi connectivity index (χ4n) is 0.212. The molecule has 0 aromatic heterocycles. The van der Waals surface area contributed by atoms with Crippen LogP contribution in [-0.4, -0.2) is 41.7 Å². The van der Waals surface area contributed by atoms with E-state index in [9.17, 15) is 4.79 Å². The van der Waals surface area contributed by atoms with E-state index in [1.54, 1.807) is 5.48 Å². The number of carbonyl (C=O) groups is 1. The summed E-state index contributed by atoms with van der Waals surface area (Å²) >= 11 is 0. The zero-order valence-corrected chi connectivity index (χ0v) is 4.16. The summed E-state index contributed by atoms with van der Waals surface area (Å²) in [6.07, 6.45) is 2.24. The average Bonchev–Trinajstić information content (AvgIpc) is 1.66. The molecule has 0 amide bonds.